The molecule has 5 rings (SSSR count). The van der Waals surface area contributed by atoms with Crippen molar-refractivity contribution in [1.29, 1.82) is 0 Å². The number of rotatable bonds is 4. The third-order valence-electron chi connectivity index (χ3n) is 5.27. The van der Waals surface area contributed by atoms with Crippen LogP contribution in [0.2, 0.25) is 5.02 Å². The molecule has 0 saturated carbocycles. The van der Waals surface area contributed by atoms with Crippen LogP contribution in [0.1, 0.15) is 22.6 Å². The monoisotopic (exact) mass is 473 g/mol. The first-order chi connectivity index (χ1) is 14.7. The SMILES string of the molecule is Cl.O=c1cc(OCc2ccc(Cl)cn2)ccn1-c1ccc2c3c(sc2c1)CNCCC3. The Morgan fingerprint density at radius 3 is 2.90 bits per heavy atom. The number of benzene rings is 1. The predicted molar refractivity (Wildman–Crippen MR) is 128 cm³/mol. The van der Waals surface area contributed by atoms with Crippen LogP contribution < -0.4 is 15.6 Å². The van der Waals surface area contributed by atoms with Crippen molar-refractivity contribution in [3.63, 3.8) is 0 Å². The molecule has 0 aliphatic carbocycles. The van der Waals surface area contributed by atoms with Crippen LogP contribution >= 0.6 is 35.3 Å². The van der Waals surface area contributed by atoms with E-state index >= 15 is 0 Å². The van der Waals surface area contributed by atoms with Crippen LogP contribution in [0.3, 0.4) is 0 Å². The van der Waals surface area contributed by atoms with Gasteiger partial charge in [0.2, 0.25) is 0 Å². The second-order valence-corrected chi connectivity index (χ2v) is 8.86. The molecule has 0 spiro atoms. The summed E-state index contributed by atoms with van der Waals surface area (Å²) < 4.78 is 8.59. The van der Waals surface area contributed by atoms with Gasteiger partial charge in [0.05, 0.1) is 16.4 Å². The van der Waals surface area contributed by atoms with Crippen LogP contribution in [0, 0.1) is 0 Å². The minimum absolute atomic E-state index is 0. The smallest absolute Gasteiger partial charge is 0.258 e. The summed E-state index contributed by atoms with van der Waals surface area (Å²) in [6, 6.07) is 13.1. The summed E-state index contributed by atoms with van der Waals surface area (Å²) in [4.78, 5) is 18.3. The largest absolute Gasteiger partial charge is 0.487 e. The highest BCUT2D eigenvalue weighted by atomic mass is 35.5. The van der Waals surface area contributed by atoms with Gasteiger partial charge in [-0.1, -0.05) is 17.7 Å². The molecular formula is C23H21Cl2N3O2S. The maximum atomic E-state index is 12.7. The van der Waals surface area contributed by atoms with Gasteiger partial charge in [0.25, 0.3) is 5.56 Å². The third kappa shape index (κ3) is 4.62. The second-order valence-electron chi connectivity index (χ2n) is 7.29. The minimum Gasteiger partial charge on any atom is -0.487 e. The molecule has 0 saturated heterocycles. The zero-order valence-corrected chi connectivity index (χ0v) is 19.0. The van der Waals surface area contributed by atoms with Gasteiger partial charge in [0.15, 0.2) is 0 Å². The summed E-state index contributed by atoms with van der Waals surface area (Å²) in [6.07, 6.45) is 5.60. The predicted octanol–water partition coefficient (Wildman–Crippen LogP) is 5.14. The van der Waals surface area contributed by atoms with E-state index in [1.807, 2.05) is 17.4 Å². The molecule has 1 aliphatic heterocycles. The standard InChI is InChI=1S/C23H20ClN3O2S.ClH/c24-15-3-4-16(26-12-15)14-29-18-7-9-27(23(28)11-18)17-5-6-20-19-2-1-8-25-13-22(19)30-21(20)10-17;/h3-7,9-12,25H,1-2,8,13-14H2;1H. The van der Waals surface area contributed by atoms with Crippen molar-refractivity contribution in [1.82, 2.24) is 14.9 Å². The lowest BCUT2D eigenvalue weighted by molar-refractivity contribution is 0.300. The van der Waals surface area contributed by atoms with Crippen LogP contribution in [0.25, 0.3) is 15.8 Å². The maximum Gasteiger partial charge on any atom is 0.258 e. The van der Waals surface area contributed by atoms with Gasteiger partial charge in [-0.05, 0) is 60.7 Å². The van der Waals surface area contributed by atoms with Crippen LogP contribution in [0.15, 0.2) is 59.7 Å². The molecule has 0 radical (unpaired) electrons. The lowest BCUT2D eigenvalue weighted by atomic mass is 10.1. The Kier molecular flexibility index (Phi) is 6.62. The number of hydrogen-bond acceptors (Lipinski definition) is 5. The number of aromatic nitrogens is 2. The fourth-order valence-corrected chi connectivity index (χ4v) is 5.13. The zero-order chi connectivity index (χ0) is 20.5. The maximum absolute atomic E-state index is 12.7. The topological polar surface area (TPSA) is 56.1 Å². The molecule has 4 heterocycles. The molecule has 160 valence electrons. The summed E-state index contributed by atoms with van der Waals surface area (Å²) in [5, 5.41) is 5.37. The molecule has 0 amide bonds. The number of nitrogens with one attached hydrogen (secondary N) is 1. The fourth-order valence-electron chi connectivity index (χ4n) is 3.76. The van der Waals surface area contributed by atoms with E-state index in [0.717, 1.165) is 37.3 Å². The van der Waals surface area contributed by atoms with Crippen molar-refractivity contribution in [2.24, 2.45) is 0 Å². The summed E-state index contributed by atoms with van der Waals surface area (Å²) in [6.45, 7) is 2.28. The lowest BCUT2D eigenvalue weighted by Gasteiger charge is -2.09. The highest BCUT2D eigenvalue weighted by Crippen LogP contribution is 2.34. The van der Waals surface area contributed by atoms with E-state index in [1.165, 1.54) is 26.6 Å². The molecule has 1 aromatic carbocycles. The summed E-state index contributed by atoms with van der Waals surface area (Å²) in [5.41, 5.74) is 2.94. The molecule has 31 heavy (non-hydrogen) atoms. The van der Waals surface area contributed by atoms with E-state index in [2.05, 4.69) is 22.4 Å². The van der Waals surface area contributed by atoms with Gasteiger partial charge in [-0.25, -0.2) is 0 Å². The molecule has 3 aromatic heterocycles. The van der Waals surface area contributed by atoms with Gasteiger partial charge < -0.3 is 10.1 Å². The zero-order valence-electron chi connectivity index (χ0n) is 16.6. The molecule has 4 aromatic rings. The number of hydrogen-bond donors (Lipinski definition) is 1. The first-order valence-electron chi connectivity index (χ1n) is 9.89. The number of thiophene rings is 1. The Hall–Kier alpha value is -2.38. The Morgan fingerprint density at radius 1 is 1.19 bits per heavy atom. The van der Waals surface area contributed by atoms with E-state index < -0.39 is 0 Å². The number of aryl methyl sites for hydroxylation is 1. The van der Waals surface area contributed by atoms with Crippen LogP contribution in [-0.4, -0.2) is 16.1 Å². The first kappa shape index (κ1) is 21.8. The molecule has 1 N–H and O–H groups in total. The van der Waals surface area contributed by atoms with Crippen molar-refractivity contribution in [3.05, 3.63) is 86.4 Å². The van der Waals surface area contributed by atoms with Gasteiger partial charge in [-0.3, -0.25) is 14.3 Å². The molecule has 0 atom stereocenters. The third-order valence-corrected chi connectivity index (χ3v) is 6.69. The number of ether oxygens (including phenoxy) is 1. The van der Waals surface area contributed by atoms with E-state index in [-0.39, 0.29) is 24.6 Å². The van der Waals surface area contributed by atoms with E-state index in [0.29, 0.717) is 10.8 Å². The van der Waals surface area contributed by atoms with E-state index in [1.54, 1.807) is 35.2 Å². The lowest BCUT2D eigenvalue weighted by Crippen LogP contribution is -2.16. The molecule has 0 fully saturated rings. The molecule has 1 aliphatic rings. The highest BCUT2D eigenvalue weighted by Gasteiger charge is 2.15. The van der Waals surface area contributed by atoms with E-state index in [4.69, 9.17) is 16.3 Å². The van der Waals surface area contributed by atoms with Gasteiger partial charge in [0, 0.05) is 34.6 Å². The average Bonchev–Trinajstić information content (AvgIpc) is 2.93. The molecule has 0 bridgehead atoms. The fraction of sp³-hybridized carbons (Fsp3) is 0.217. The Labute approximate surface area is 195 Å². The first-order valence-corrected chi connectivity index (χ1v) is 11.1. The Morgan fingerprint density at radius 2 is 2.10 bits per heavy atom. The quantitative estimate of drug-likeness (QED) is 0.445. The van der Waals surface area contributed by atoms with Crippen LogP contribution in [0.5, 0.6) is 5.75 Å². The number of nitrogens with zero attached hydrogens (tertiary/aromatic N) is 2. The summed E-state index contributed by atoms with van der Waals surface area (Å²) >= 11 is 7.67. The van der Waals surface area contributed by atoms with Crippen molar-refractivity contribution in [2.45, 2.75) is 26.0 Å². The van der Waals surface area contributed by atoms with E-state index in [9.17, 15) is 4.79 Å². The van der Waals surface area contributed by atoms with Crippen LogP contribution in [-0.2, 0) is 19.6 Å². The summed E-state index contributed by atoms with van der Waals surface area (Å²) in [5.74, 6) is 0.517. The van der Waals surface area contributed by atoms with Crippen molar-refractivity contribution >= 4 is 45.4 Å². The average molecular weight is 474 g/mol. The molecular weight excluding hydrogens is 453 g/mol. The van der Waals surface area contributed by atoms with Crippen LogP contribution in [0.4, 0.5) is 0 Å². The number of fused-ring (bicyclic) bond motifs is 3. The summed E-state index contributed by atoms with van der Waals surface area (Å²) in [7, 11) is 0. The number of pyridine rings is 2. The Bertz CT molecular complexity index is 1270. The molecule has 0 unspecified atom stereocenters. The van der Waals surface area contributed by atoms with Gasteiger partial charge in [-0.15, -0.1) is 23.7 Å². The van der Waals surface area contributed by atoms with Gasteiger partial charge in [-0.2, -0.15) is 0 Å². The van der Waals surface area contributed by atoms with Crippen molar-refractivity contribution in [3.8, 4) is 11.4 Å². The molecule has 5 nitrogen and oxygen atoms in total. The van der Waals surface area contributed by atoms with Crippen molar-refractivity contribution in [2.75, 3.05) is 6.54 Å². The van der Waals surface area contributed by atoms with Gasteiger partial charge >= 0.3 is 0 Å². The van der Waals surface area contributed by atoms with Gasteiger partial charge in [0.1, 0.15) is 12.4 Å². The number of halogens is 2. The Balaban J connectivity index is 0.00000231. The normalized spacial score (nSPS) is 13.3. The second kappa shape index (κ2) is 9.40. The molecule has 8 heteroatoms. The van der Waals surface area contributed by atoms with Crippen molar-refractivity contribution < 1.29 is 4.74 Å². The highest BCUT2D eigenvalue weighted by molar-refractivity contribution is 7.19. The minimum atomic E-state index is -0.129.